The van der Waals surface area contributed by atoms with Crippen molar-refractivity contribution >= 4 is 18.3 Å². The van der Waals surface area contributed by atoms with E-state index < -0.39 is 0 Å². The number of carbonyl (C=O) groups is 1. The van der Waals surface area contributed by atoms with E-state index in [-0.39, 0.29) is 24.4 Å². The van der Waals surface area contributed by atoms with Gasteiger partial charge in [-0.25, -0.2) is 0 Å². The monoisotopic (exact) mass is 402 g/mol. The Labute approximate surface area is 174 Å². The lowest BCUT2D eigenvalue weighted by atomic mass is 9.95. The van der Waals surface area contributed by atoms with Crippen LogP contribution < -0.4 is 10.1 Å². The fourth-order valence-electron chi connectivity index (χ4n) is 3.69. The number of amides is 1. The summed E-state index contributed by atoms with van der Waals surface area (Å²) >= 11 is 0. The molecule has 0 saturated carbocycles. The quantitative estimate of drug-likeness (QED) is 0.772. The minimum absolute atomic E-state index is 0. The summed E-state index contributed by atoms with van der Waals surface area (Å²) in [4.78, 5) is 15.0. The molecular weight excluding hydrogens is 372 g/mol. The Morgan fingerprint density at radius 2 is 1.75 bits per heavy atom. The fourth-order valence-corrected chi connectivity index (χ4v) is 3.69. The van der Waals surface area contributed by atoms with Crippen molar-refractivity contribution in [1.82, 2.24) is 10.2 Å². The van der Waals surface area contributed by atoms with Crippen LogP contribution in [0, 0.1) is 5.92 Å². The molecule has 0 spiro atoms. The van der Waals surface area contributed by atoms with E-state index >= 15 is 0 Å². The Morgan fingerprint density at radius 3 is 2.36 bits per heavy atom. The molecule has 4 nitrogen and oxygen atoms in total. The van der Waals surface area contributed by atoms with E-state index in [2.05, 4.69) is 49.5 Å². The summed E-state index contributed by atoms with van der Waals surface area (Å²) in [7, 11) is 1.69. The lowest BCUT2D eigenvalue weighted by molar-refractivity contribution is -0.138. The van der Waals surface area contributed by atoms with Crippen LogP contribution in [0.15, 0.2) is 48.5 Å². The molecule has 1 heterocycles. The summed E-state index contributed by atoms with van der Waals surface area (Å²) in [5.74, 6) is 1.32. The van der Waals surface area contributed by atoms with E-state index in [1.165, 1.54) is 0 Å². The van der Waals surface area contributed by atoms with Crippen LogP contribution in [0.4, 0.5) is 0 Å². The fraction of sp³-hybridized carbons (Fsp3) is 0.435. The Morgan fingerprint density at radius 1 is 1.11 bits per heavy atom. The van der Waals surface area contributed by atoms with E-state index in [4.69, 9.17) is 4.74 Å². The summed E-state index contributed by atoms with van der Waals surface area (Å²) in [5, 5.41) is 3.34. The van der Waals surface area contributed by atoms with Crippen molar-refractivity contribution in [1.29, 1.82) is 0 Å². The second kappa shape index (κ2) is 10.5. The lowest BCUT2D eigenvalue weighted by Crippen LogP contribution is -2.43. The first-order chi connectivity index (χ1) is 13.1. The topological polar surface area (TPSA) is 41.6 Å². The van der Waals surface area contributed by atoms with Gasteiger partial charge in [-0.05, 0) is 57.0 Å². The number of hydrogen-bond donors (Lipinski definition) is 1. The highest BCUT2D eigenvalue weighted by Gasteiger charge is 2.27. The number of ether oxygens (including phenoxy) is 1. The van der Waals surface area contributed by atoms with Crippen LogP contribution in [0.3, 0.4) is 0 Å². The van der Waals surface area contributed by atoms with Crippen LogP contribution in [0.2, 0.25) is 0 Å². The van der Waals surface area contributed by atoms with Crippen molar-refractivity contribution in [2.45, 2.75) is 39.3 Å². The van der Waals surface area contributed by atoms with E-state index in [1.807, 2.05) is 23.1 Å². The van der Waals surface area contributed by atoms with Gasteiger partial charge in [0.25, 0.3) is 0 Å². The van der Waals surface area contributed by atoms with Crippen molar-refractivity contribution in [2.75, 3.05) is 20.2 Å². The van der Waals surface area contributed by atoms with Crippen LogP contribution >= 0.6 is 12.4 Å². The maximum absolute atomic E-state index is 13.0. The van der Waals surface area contributed by atoms with Crippen LogP contribution in [-0.4, -0.2) is 37.0 Å². The van der Waals surface area contributed by atoms with E-state index in [9.17, 15) is 4.79 Å². The van der Waals surface area contributed by atoms with E-state index in [1.54, 1.807) is 7.11 Å². The summed E-state index contributed by atoms with van der Waals surface area (Å²) in [6.45, 7) is 6.74. The van der Waals surface area contributed by atoms with Gasteiger partial charge in [-0.3, -0.25) is 4.79 Å². The summed E-state index contributed by atoms with van der Waals surface area (Å²) in [6.07, 6.45) is 1.88. The lowest BCUT2D eigenvalue weighted by Gasteiger charge is -2.32. The Kier molecular flexibility index (Phi) is 8.34. The number of piperidine rings is 1. The van der Waals surface area contributed by atoms with Gasteiger partial charge < -0.3 is 15.0 Å². The predicted octanol–water partition coefficient (Wildman–Crippen LogP) is 4.52. The summed E-state index contributed by atoms with van der Waals surface area (Å²) in [5.41, 5.74) is 3.36. The van der Waals surface area contributed by atoms with Crippen molar-refractivity contribution in [3.63, 3.8) is 0 Å². The van der Waals surface area contributed by atoms with Crippen molar-refractivity contribution in [3.05, 3.63) is 54.1 Å². The second-order valence-corrected chi connectivity index (χ2v) is 7.48. The van der Waals surface area contributed by atoms with Gasteiger partial charge in [0.05, 0.1) is 7.11 Å². The Hall–Kier alpha value is -2.04. The van der Waals surface area contributed by atoms with E-state index in [0.29, 0.717) is 12.5 Å². The molecule has 0 aromatic heterocycles. The molecule has 5 heteroatoms. The van der Waals surface area contributed by atoms with Gasteiger partial charge in [-0.1, -0.05) is 42.5 Å². The SMILES string of the molecule is COc1ccccc1-c1ccc(CN(C(=O)C2CCNCC2)C(C)C)cc1.Cl. The molecule has 152 valence electrons. The maximum Gasteiger partial charge on any atom is 0.226 e. The molecule has 1 N–H and O–H groups in total. The van der Waals surface area contributed by atoms with Gasteiger partial charge in [-0.2, -0.15) is 0 Å². The zero-order valence-electron chi connectivity index (χ0n) is 17.0. The third kappa shape index (κ3) is 5.27. The van der Waals surface area contributed by atoms with E-state index in [0.717, 1.165) is 48.4 Å². The molecule has 0 bridgehead atoms. The molecule has 0 atom stereocenters. The van der Waals surface area contributed by atoms with Crippen LogP contribution in [0.5, 0.6) is 5.75 Å². The molecule has 2 aromatic carbocycles. The first kappa shape index (κ1) is 22.3. The number of nitrogens with one attached hydrogen (secondary N) is 1. The average Bonchev–Trinajstić information content (AvgIpc) is 2.72. The first-order valence-corrected chi connectivity index (χ1v) is 9.83. The van der Waals surface area contributed by atoms with Gasteiger partial charge in [0.15, 0.2) is 0 Å². The number of para-hydroxylation sites is 1. The van der Waals surface area contributed by atoms with Crippen molar-refractivity contribution in [2.24, 2.45) is 5.92 Å². The number of halogens is 1. The molecule has 1 amide bonds. The van der Waals surface area contributed by atoms with Gasteiger partial charge in [0, 0.05) is 24.1 Å². The maximum atomic E-state index is 13.0. The molecular formula is C23H31ClN2O2. The Bertz CT molecular complexity index is 755. The molecule has 2 aromatic rings. The zero-order valence-corrected chi connectivity index (χ0v) is 17.8. The van der Waals surface area contributed by atoms with Crippen molar-refractivity contribution in [3.8, 4) is 16.9 Å². The standard InChI is InChI=1S/C23H30N2O2.ClH/c1-17(2)25(23(26)20-12-14-24-15-13-20)16-18-8-10-19(11-9-18)21-6-4-5-7-22(21)27-3;/h4-11,17,20,24H,12-16H2,1-3H3;1H. The second-order valence-electron chi connectivity index (χ2n) is 7.48. The number of nitrogens with zero attached hydrogens (tertiary/aromatic N) is 1. The smallest absolute Gasteiger partial charge is 0.226 e. The molecule has 0 aliphatic carbocycles. The molecule has 0 unspecified atom stereocenters. The summed E-state index contributed by atoms with van der Waals surface area (Å²) < 4.78 is 5.47. The molecule has 1 fully saturated rings. The summed E-state index contributed by atoms with van der Waals surface area (Å²) in [6, 6.07) is 16.7. The van der Waals surface area contributed by atoms with Gasteiger partial charge in [0.2, 0.25) is 5.91 Å². The largest absolute Gasteiger partial charge is 0.496 e. The normalized spacial score (nSPS) is 14.4. The molecule has 3 rings (SSSR count). The molecule has 1 aliphatic rings. The average molecular weight is 403 g/mol. The number of hydrogen-bond acceptors (Lipinski definition) is 3. The zero-order chi connectivity index (χ0) is 19.2. The minimum atomic E-state index is 0. The highest BCUT2D eigenvalue weighted by Crippen LogP contribution is 2.30. The van der Waals surface area contributed by atoms with Crippen LogP contribution in [0.1, 0.15) is 32.3 Å². The van der Waals surface area contributed by atoms with Gasteiger partial charge >= 0.3 is 0 Å². The third-order valence-electron chi connectivity index (χ3n) is 5.32. The molecule has 1 aliphatic heterocycles. The number of benzene rings is 2. The third-order valence-corrected chi connectivity index (χ3v) is 5.32. The minimum Gasteiger partial charge on any atom is -0.496 e. The molecule has 0 radical (unpaired) electrons. The number of rotatable bonds is 6. The van der Waals surface area contributed by atoms with Gasteiger partial charge in [0.1, 0.15) is 5.75 Å². The van der Waals surface area contributed by atoms with Crippen molar-refractivity contribution < 1.29 is 9.53 Å². The van der Waals surface area contributed by atoms with Crippen LogP contribution in [-0.2, 0) is 11.3 Å². The Balaban J connectivity index is 0.00000280. The number of carbonyl (C=O) groups excluding carboxylic acids is 1. The van der Waals surface area contributed by atoms with Crippen LogP contribution in [0.25, 0.3) is 11.1 Å². The highest BCUT2D eigenvalue weighted by molar-refractivity contribution is 5.85. The first-order valence-electron chi connectivity index (χ1n) is 9.83. The number of methoxy groups -OCH3 is 1. The molecule has 28 heavy (non-hydrogen) atoms. The molecule has 1 saturated heterocycles. The van der Waals surface area contributed by atoms with Gasteiger partial charge in [-0.15, -0.1) is 12.4 Å². The predicted molar refractivity (Wildman–Crippen MR) is 117 cm³/mol. The highest BCUT2D eigenvalue weighted by atomic mass is 35.5.